The summed E-state index contributed by atoms with van der Waals surface area (Å²) < 4.78 is 4.94. The molecule has 0 atom stereocenters. The fraction of sp³-hybridized carbons (Fsp3) is 0.118. The molecule has 3 rings (SSSR count). The molecule has 1 aromatic carbocycles. The van der Waals surface area contributed by atoms with Crippen LogP contribution < -0.4 is 10.9 Å². The summed E-state index contributed by atoms with van der Waals surface area (Å²) >= 11 is 3.29. The van der Waals surface area contributed by atoms with Crippen LogP contribution in [0.4, 0.5) is 0 Å². The zero-order valence-electron chi connectivity index (χ0n) is 13.3. The van der Waals surface area contributed by atoms with Crippen LogP contribution in [0.25, 0.3) is 0 Å². The molecule has 128 valence electrons. The molecule has 2 amide bonds. The molecule has 2 heterocycles. The van der Waals surface area contributed by atoms with Gasteiger partial charge in [-0.25, -0.2) is 4.98 Å². The number of amides is 2. The molecule has 0 aliphatic carbocycles. The monoisotopic (exact) mass is 373 g/mol. The van der Waals surface area contributed by atoms with Gasteiger partial charge in [0.2, 0.25) is 0 Å². The van der Waals surface area contributed by atoms with Crippen LogP contribution in [-0.2, 0) is 5.75 Å². The van der Waals surface area contributed by atoms with Gasteiger partial charge in [0.25, 0.3) is 5.91 Å². The number of hydrazine groups is 1. The molecule has 25 heavy (non-hydrogen) atoms. The lowest BCUT2D eigenvalue weighted by atomic mass is 10.2. The van der Waals surface area contributed by atoms with Gasteiger partial charge in [-0.15, -0.1) is 23.1 Å². The molecule has 0 aliphatic heterocycles. The van der Waals surface area contributed by atoms with E-state index in [4.69, 9.17) is 4.42 Å². The van der Waals surface area contributed by atoms with Gasteiger partial charge in [0, 0.05) is 21.6 Å². The maximum Gasteiger partial charge on any atom is 0.305 e. The average molecular weight is 373 g/mol. The Morgan fingerprint density at radius 2 is 1.92 bits per heavy atom. The standard InChI is InChI=1S/C17H15N3O3S2/c1-11-18-13(9-24-11)10-25-14-6-4-12(5-7-14)16(21)19-20-17(22)15-3-2-8-23-15/h2-9H,10H2,1H3,(H,19,21)(H,20,22). The smallest absolute Gasteiger partial charge is 0.305 e. The summed E-state index contributed by atoms with van der Waals surface area (Å²) in [6.45, 7) is 1.98. The molecule has 0 bridgehead atoms. The van der Waals surface area contributed by atoms with Crippen LogP contribution in [0.5, 0.6) is 0 Å². The van der Waals surface area contributed by atoms with Crippen LogP contribution in [0.2, 0.25) is 0 Å². The first-order valence-corrected chi connectivity index (χ1v) is 9.26. The second-order valence-corrected chi connectivity index (χ2v) is 7.17. The molecule has 6 nitrogen and oxygen atoms in total. The van der Waals surface area contributed by atoms with Gasteiger partial charge in [0.05, 0.1) is 17.0 Å². The van der Waals surface area contributed by atoms with E-state index in [0.29, 0.717) is 5.56 Å². The molecular formula is C17H15N3O3S2. The van der Waals surface area contributed by atoms with Crippen LogP contribution in [-0.4, -0.2) is 16.8 Å². The third-order valence-electron chi connectivity index (χ3n) is 3.20. The lowest BCUT2D eigenvalue weighted by molar-refractivity contribution is 0.0831. The van der Waals surface area contributed by atoms with Crippen molar-refractivity contribution in [1.82, 2.24) is 15.8 Å². The summed E-state index contributed by atoms with van der Waals surface area (Å²) in [6.07, 6.45) is 1.39. The van der Waals surface area contributed by atoms with Crippen LogP contribution in [0.15, 0.2) is 57.4 Å². The highest BCUT2D eigenvalue weighted by Gasteiger charge is 2.11. The SMILES string of the molecule is Cc1nc(CSc2ccc(C(=O)NNC(=O)c3ccco3)cc2)cs1. The van der Waals surface area contributed by atoms with Crippen molar-refractivity contribution < 1.29 is 14.0 Å². The summed E-state index contributed by atoms with van der Waals surface area (Å²) in [4.78, 5) is 29.2. The number of nitrogens with one attached hydrogen (secondary N) is 2. The van der Waals surface area contributed by atoms with E-state index >= 15 is 0 Å². The van der Waals surface area contributed by atoms with Gasteiger partial charge in [-0.2, -0.15) is 0 Å². The molecule has 0 radical (unpaired) electrons. The molecule has 2 aromatic heterocycles. The van der Waals surface area contributed by atoms with Crippen molar-refractivity contribution in [3.8, 4) is 0 Å². The minimum atomic E-state index is -0.510. The van der Waals surface area contributed by atoms with Crippen molar-refractivity contribution in [1.29, 1.82) is 0 Å². The first-order chi connectivity index (χ1) is 12.1. The number of aryl methyl sites for hydroxylation is 1. The number of hydrogen-bond acceptors (Lipinski definition) is 6. The molecule has 0 fully saturated rings. The molecule has 3 aromatic rings. The molecule has 0 spiro atoms. The zero-order valence-corrected chi connectivity index (χ0v) is 14.9. The Labute approximate surface area is 152 Å². The molecule has 8 heteroatoms. The number of carbonyl (C=O) groups is 2. The lowest BCUT2D eigenvalue weighted by Crippen LogP contribution is -2.41. The van der Waals surface area contributed by atoms with Crippen LogP contribution in [0, 0.1) is 6.92 Å². The lowest BCUT2D eigenvalue weighted by Gasteiger charge is -2.06. The van der Waals surface area contributed by atoms with Crippen molar-refractivity contribution in [3.63, 3.8) is 0 Å². The van der Waals surface area contributed by atoms with E-state index < -0.39 is 11.8 Å². The molecule has 2 N–H and O–H groups in total. The number of thiazole rings is 1. The first-order valence-electron chi connectivity index (χ1n) is 7.40. The zero-order chi connectivity index (χ0) is 17.6. The topological polar surface area (TPSA) is 84.2 Å². The second-order valence-electron chi connectivity index (χ2n) is 5.06. The van der Waals surface area contributed by atoms with E-state index in [1.807, 2.05) is 24.4 Å². The van der Waals surface area contributed by atoms with E-state index in [0.717, 1.165) is 21.3 Å². The first kappa shape index (κ1) is 17.2. The average Bonchev–Trinajstić information content (AvgIpc) is 3.30. The summed E-state index contributed by atoms with van der Waals surface area (Å²) in [7, 11) is 0. The Bertz CT molecular complexity index is 858. The summed E-state index contributed by atoms with van der Waals surface area (Å²) in [5.41, 5.74) is 6.16. The van der Waals surface area contributed by atoms with E-state index in [2.05, 4.69) is 15.8 Å². The van der Waals surface area contributed by atoms with Crippen LogP contribution >= 0.6 is 23.1 Å². The number of nitrogens with zero attached hydrogens (tertiary/aromatic N) is 1. The van der Waals surface area contributed by atoms with Gasteiger partial charge < -0.3 is 4.42 Å². The Morgan fingerprint density at radius 1 is 1.16 bits per heavy atom. The number of furan rings is 1. The third-order valence-corrected chi connectivity index (χ3v) is 5.07. The minimum absolute atomic E-state index is 0.129. The summed E-state index contributed by atoms with van der Waals surface area (Å²) in [5, 5.41) is 3.10. The number of benzene rings is 1. The summed E-state index contributed by atoms with van der Waals surface area (Å²) in [5.74, 6) is 0.00900. The fourth-order valence-electron chi connectivity index (χ4n) is 1.99. The van der Waals surface area contributed by atoms with Gasteiger partial charge in [0.1, 0.15) is 0 Å². The van der Waals surface area contributed by atoms with Gasteiger partial charge in [-0.05, 0) is 43.3 Å². The Morgan fingerprint density at radius 3 is 2.56 bits per heavy atom. The fourth-order valence-corrected chi connectivity index (χ4v) is 3.50. The molecule has 0 saturated carbocycles. The largest absolute Gasteiger partial charge is 0.459 e. The van der Waals surface area contributed by atoms with Gasteiger partial charge in [-0.3, -0.25) is 20.4 Å². The maximum atomic E-state index is 12.0. The highest BCUT2D eigenvalue weighted by atomic mass is 32.2. The summed E-state index contributed by atoms with van der Waals surface area (Å²) in [6, 6.07) is 10.3. The number of aromatic nitrogens is 1. The molecule has 0 saturated heterocycles. The quantitative estimate of drug-likeness (QED) is 0.529. The Hall–Kier alpha value is -2.58. The molecule has 0 aliphatic rings. The Balaban J connectivity index is 1.50. The van der Waals surface area contributed by atoms with Crippen LogP contribution in [0.3, 0.4) is 0 Å². The van der Waals surface area contributed by atoms with E-state index in [9.17, 15) is 9.59 Å². The minimum Gasteiger partial charge on any atom is -0.459 e. The van der Waals surface area contributed by atoms with E-state index in [1.54, 1.807) is 41.3 Å². The van der Waals surface area contributed by atoms with Crippen molar-refractivity contribution in [3.05, 3.63) is 70.1 Å². The highest BCUT2D eigenvalue weighted by Crippen LogP contribution is 2.23. The van der Waals surface area contributed by atoms with Crippen molar-refractivity contribution >= 4 is 34.9 Å². The molecule has 0 unspecified atom stereocenters. The van der Waals surface area contributed by atoms with Gasteiger partial charge in [0.15, 0.2) is 5.76 Å². The third kappa shape index (κ3) is 4.71. The van der Waals surface area contributed by atoms with Gasteiger partial charge in [-0.1, -0.05) is 0 Å². The second kappa shape index (κ2) is 8.00. The number of rotatable bonds is 5. The van der Waals surface area contributed by atoms with Crippen molar-refractivity contribution in [2.75, 3.05) is 0 Å². The Kier molecular flexibility index (Phi) is 5.52. The highest BCUT2D eigenvalue weighted by molar-refractivity contribution is 7.98. The van der Waals surface area contributed by atoms with Crippen molar-refractivity contribution in [2.24, 2.45) is 0 Å². The number of carbonyl (C=O) groups excluding carboxylic acids is 2. The van der Waals surface area contributed by atoms with Gasteiger partial charge >= 0.3 is 5.91 Å². The maximum absolute atomic E-state index is 12.0. The normalized spacial score (nSPS) is 10.4. The number of hydrogen-bond donors (Lipinski definition) is 2. The van der Waals surface area contributed by atoms with Crippen LogP contribution in [0.1, 0.15) is 31.6 Å². The molecular weight excluding hydrogens is 358 g/mol. The van der Waals surface area contributed by atoms with E-state index in [-0.39, 0.29) is 5.76 Å². The van der Waals surface area contributed by atoms with E-state index in [1.165, 1.54) is 12.3 Å². The number of thioether (sulfide) groups is 1. The predicted molar refractivity (Wildman–Crippen MR) is 96.5 cm³/mol. The predicted octanol–water partition coefficient (Wildman–Crippen LogP) is 3.41. The van der Waals surface area contributed by atoms with Crippen molar-refractivity contribution in [2.45, 2.75) is 17.6 Å².